The standard InChI is InChI=1S/C20H25N3O2/c1-16-6-9-18(10-7-16)25-15-20(24)22-19-11-8-17(14-21-19)23-12-4-2-3-5-13-23/h6-11,14H,2-5,12-13,15H2,1H3,(H,21,22,24). The van der Waals surface area contributed by atoms with Crippen LogP contribution < -0.4 is 15.0 Å². The Hall–Kier alpha value is -2.56. The number of carbonyl (C=O) groups is 1. The zero-order valence-corrected chi connectivity index (χ0v) is 14.7. The van der Waals surface area contributed by atoms with Crippen LogP contribution in [-0.2, 0) is 4.79 Å². The summed E-state index contributed by atoms with van der Waals surface area (Å²) in [5.41, 5.74) is 2.28. The predicted octanol–water partition coefficient (Wildman–Crippen LogP) is 3.79. The quantitative estimate of drug-likeness (QED) is 0.900. The molecule has 2 aromatic rings. The lowest BCUT2D eigenvalue weighted by molar-refractivity contribution is -0.118. The fraction of sp³-hybridized carbons (Fsp3) is 0.400. The number of carbonyl (C=O) groups excluding carboxylic acids is 1. The molecule has 1 fully saturated rings. The van der Waals surface area contributed by atoms with Gasteiger partial charge in [0.25, 0.3) is 5.91 Å². The molecule has 0 atom stereocenters. The first-order valence-electron chi connectivity index (χ1n) is 8.91. The minimum Gasteiger partial charge on any atom is -0.484 e. The van der Waals surface area contributed by atoms with E-state index in [2.05, 4.69) is 15.2 Å². The van der Waals surface area contributed by atoms with Crippen LogP contribution in [0.5, 0.6) is 5.75 Å². The van der Waals surface area contributed by atoms with Crippen LogP contribution >= 0.6 is 0 Å². The van der Waals surface area contributed by atoms with Gasteiger partial charge in [0.1, 0.15) is 11.6 Å². The summed E-state index contributed by atoms with van der Waals surface area (Å²) in [7, 11) is 0. The van der Waals surface area contributed by atoms with E-state index in [4.69, 9.17) is 4.74 Å². The molecule has 1 aromatic carbocycles. The van der Waals surface area contributed by atoms with Crippen LogP contribution in [0.15, 0.2) is 42.6 Å². The highest BCUT2D eigenvalue weighted by Crippen LogP contribution is 2.19. The second-order valence-electron chi connectivity index (χ2n) is 6.45. The number of nitrogens with zero attached hydrogens (tertiary/aromatic N) is 2. The van der Waals surface area contributed by atoms with Gasteiger partial charge in [0, 0.05) is 13.1 Å². The van der Waals surface area contributed by atoms with Gasteiger partial charge in [-0.1, -0.05) is 30.5 Å². The van der Waals surface area contributed by atoms with Crippen molar-refractivity contribution in [3.05, 3.63) is 48.2 Å². The Kier molecular flexibility index (Phi) is 5.88. The molecule has 2 heterocycles. The van der Waals surface area contributed by atoms with Gasteiger partial charge in [-0.3, -0.25) is 4.79 Å². The summed E-state index contributed by atoms with van der Waals surface area (Å²) in [6.45, 7) is 4.14. The van der Waals surface area contributed by atoms with Crippen LogP contribution in [-0.4, -0.2) is 30.6 Å². The Morgan fingerprint density at radius 1 is 1.08 bits per heavy atom. The predicted molar refractivity (Wildman–Crippen MR) is 100 cm³/mol. The van der Waals surface area contributed by atoms with Crippen molar-refractivity contribution in [1.29, 1.82) is 0 Å². The largest absolute Gasteiger partial charge is 0.484 e. The molecule has 5 heteroatoms. The maximum Gasteiger partial charge on any atom is 0.263 e. The number of ether oxygens (including phenoxy) is 1. The fourth-order valence-electron chi connectivity index (χ4n) is 2.94. The highest BCUT2D eigenvalue weighted by atomic mass is 16.5. The number of pyridine rings is 1. The SMILES string of the molecule is Cc1ccc(OCC(=O)Nc2ccc(N3CCCCCC3)cn2)cc1. The maximum atomic E-state index is 12.0. The number of aromatic nitrogens is 1. The summed E-state index contributed by atoms with van der Waals surface area (Å²) in [4.78, 5) is 18.7. The van der Waals surface area contributed by atoms with Gasteiger partial charge in [-0.05, 0) is 44.0 Å². The van der Waals surface area contributed by atoms with Gasteiger partial charge in [-0.2, -0.15) is 0 Å². The summed E-state index contributed by atoms with van der Waals surface area (Å²) in [5.74, 6) is 1.02. The van der Waals surface area contributed by atoms with Crippen LogP contribution in [0.1, 0.15) is 31.2 Å². The van der Waals surface area contributed by atoms with E-state index in [1.165, 1.54) is 25.7 Å². The number of aryl methyl sites for hydroxylation is 1. The number of amides is 1. The third kappa shape index (κ3) is 5.21. The van der Waals surface area contributed by atoms with E-state index in [0.29, 0.717) is 11.6 Å². The molecular formula is C20H25N3O2. The lowest BCUT2D eigenvalue weighted by atomic mass is 10.2. The van der Waals surface area contributed by atoms with Gasteiger partial charge in [0.15, 0.2) is 6.61 Å². The Balaban J connectivity index is 1.50. The number of hydrogen-bond acceptors (Lipinski definition) is 4. The van der Waals surface area contributed by atoms with Crippen molar-refractivity contribution in [1.82, 2.24) is 4.98 Å². The number of nitrogens with one attached hydrogen (secondary N) is 1. The van der Waals surface area contributed by atoms with Gasteiger partial charge in [-0.15, -0.1) is 0 Å². The van der Waals surface area contributed by atoms with Crippen molar-refractivity contribution in [2.75, 3.05) is 29.9 Å². The van der Waals surface area contributed by atoms with Gasteiger partial charge in [0.2, 0.25) is 0 Å². The summed E-state index contributed by atoms with van der Waals surface area (Å²) in [5, 5.41) is 2.77. The molecule has 1 N–H and O–H groups in total. The lowest BCUT2D eigenvalue weighted by Crippen LogP contribution is -2.24. The molecule has 0 spiro atoms. The molecule has 1 aliphatic heterocycles. The van der Waals surface area contributed by atoms with E-state index < -0.39 is 0 Å². The first-order chi connectivity index (χ1) is 12.2. The van der Waals surface area contributed by atoms with Crippen molar-refractivity contribution in [3.63, 3.8) is 0 Å². The first kappa shape index (κ1) is 17.3. The normalized spacial score (nSPS) is 14.7. The second kappa shape index (κ2) is 8.51. The minimum atomic E-state index is -0.212. The molecule has 0 saturated carbocycles. The molecule has 3 rings (SSSR count). The van der Waals surface area contributed by atoms with Crippen LogP contribution in [0.4, 0.5) is 11.5 Å². The number of benzene rings is 1. The molecule has 0 bridgehead atoms. The molecule has 1 aliphatic rings. The van der Waals surface area contributed by atoms with Gasteiger partial charge >= 0.3 is 0 Å². The molecule has 0 radical (unpaired) electrons. The van der Waals surface area contributed by atoms with Gasteiger partial charge in [0.05, 0.1) is 11.9 Å². The molecule has 5 nitrogen and oxygen atoms in total. The van der Waals surface area contributed by atoms with E-state index in [-0.39, 0.29) is 12.5 Å². The first-order valence-corrected chi connectivity index (χ1v) is 8.91. The molecule has 1 amide bonds. The zero-order valence-electron chi connectivity index (χ0n) is 14.7. The zero-order chi connectivity index (χ0) is 17.5. The van der Waals surface area contributed by atoms with Crippen LogP contribution in [0.3, 0.4) is 0 Å². The molecule has 132 valence electrons. The van der Waals surface area contributed by atoms with Crippen LogP contribution in [0, 0.1) is 6.92 Å². The van der Waals surface area contributed by atoms with Crippen LogP contribution in [0.2, 0.25) is 0 Å². The Bertz CT molecular complexity index is 675. The minimum absolute atomic E-state index is 0.0291. The van der Waals surface area contributed by atoms with E-state index in [9.17, 15) is 4.79 Å². The van der Waals surface area contributed by atoms with Crippen molar-refractivity contribution >= 4 is 17.4 Å². The highest BCUT2D eigenvalue weighted by molar-refractivity contribution is 5.91. The Morgan fingerprint density at radius 2 is 1.80 bits per heavy atom. The summed E-state index contributed by atoms with van der Waals surface area (Å²) >= 11 is 0. The van der Waals surface area contributed by atoms with E-state index in [1.807, 2.05) is 49.5 Å². The van der Waals surface area contributed by atoms with Gasteiger partial charge < -0.3 is 15.0 Å². The molecule has 0 aliphatic carbocycles. The van der Waals surface area contributed by atoms with Gasteiger partial charge in [-0.25, -0.2) is 4.98 Å². The summed E-state index contributed by atoms with van der Waals surface area (Å²) in [6.07, 6.45) is 6.91. The third-order valence-electron chi connectivity index (χ3n) is 4.38. The monoisotopic (exact) mass is 339 g/mol. The Morgan fingerprint density at radius 3 is 2.44 bits per heavy atom. The van der Waals surface area contributed by atoms with Crippen molar-refractivity contribution in [3.8, 4) is 5.75 Å². The summed E-state index contributed by atoms with van der Waals surface area (Å²) < 4.78 is 5.48. The maximum absolute atomic E-state index is 12.0. The molecule has 1 aromatic heterocycles. The number of anilines is 2. The smallest absolute Gasteiger partial charge is 0.263 e. The lowest BCUT2D eigenvalue weighted by Gasteiger charge is -2.22. The number of rotatable bonds is 5. The van der Waals surface area contributed by atoms with Crippen LogP contribution in [0.25, 0.3) is 0 Å². The molecule has 0 unspecified atom stereocenters. The molecule has 1 saturated heterocycles. The van der Waals surface area contributed by atoms with E-state index >= 15 is 0 Å². The average molecular weight is 339 g/mol. The Labute approximate surface area is 149 Å². The van der Waals surface area contributed by atoms with Crippen molar-refractivity contribution in [2.24, 2.45) is 0 Å². The van der Waals surface area contributed by atoms with E-state index in [1.54, 1.807) is 0 Å². The third-order valence-corrected chi connectivity index (χ3v) is 4.38. The van der Waals surface area contributed by atoms with Crippen molar-refractivity contribution in [2.45, 2.75) is 32.6 Å². The summed E-state index contributed by atoms with van der Waals surface area (Å²) in [6, 6.07) is 11.5. The topological polar surface area (TPSA) is 54.5 Å². The number of hydrogen-bond donors (Lipinski definition) is 1. The molecular weight excluding hydrogens is 314 g/mol. The second-order valence-corrected chi connectivity index (χ2v) is 6.45. The van der Waals surface area contributed by atoms with E-state index in [0.717, 1.165) is 24.3 Å². The van der Waals surface area contributed by atoms with Crippen molar-refractivity contribution < 1.29 is 9.53 Å². The fourth-order valence-corrected chi connectivity index (χ4v) is 2.94. The highest BCUT2D eigenvalue weighted by Gasteiger charge is 2.11. The molecule has 25 heavy (non-hydrogen) atoms. The average Bonchev–Trinajstić information content (AvgIpc) is 2.91.